The standard InChI is InChI=1S/C15H11ClF2O2/c16-12-5-3-11(4-6-12)14(19)9-10-1-7-13(8-2-10)20-15(17)18/h1-8,15H,9H2. The summed E-state index contributed by atoms with van der Waals surface area (Å²) in [5, 5.41) is 0.565. The first kappa shape index (κ1) is 14.5. The maximum Gasteiger partial charge on any atom is 0.387 e. The first-order valence-corrected chi connectivity index (χ1v) is 6.25. The Bertz CT molecular complexity index is 580. The summed E-state index contributed by atoms with van der Waals surface area (Å²) in [5.74, 6) is 0.00638. The van der Waals surface area contributed by atoms with Crippen LogP contribution in [0, 0.1) is 0 Å². The number of hydrogen-bond acceptors (Lipinski definition) is 2. The molecule has 0 radical (unpaired) electrons. The molecule has 0 fully saturated rings. The minimum Gasteiger partial charge on any atom is -0.435 e. The Morgan fingerprint density at radius 2 is 1.65 bits per heavy atom. The second-order valence-corrected chi connectivity index (χ2v) is 4.57. The number of halogens is 3. The molecule has 0 saturated heterocycles. The van der Waals surface area contributed by atoms with Crippen LogP contribution in [-0.4, -0.2) is 12.4 Å². The van der Waals surface area contributed by atoms with Crippen LogP contribution in [0.15, 0.2) is 48.5 Å². The van der Waals surface area contributed by atoms with Gasteiger partial charge in [0.15, 0.2) is 5.78 Å². The fourth-order valence-corrected chi connectivity index (χ4v) is 1.84. The maximum absolute atomic E-state index is 12.0. The molecule has 0 saturated carbocycles. The van der Waals surface area contributed by atoms with Crippen LogP contribution in [0.25, 0.3) is 0 Å². The molecule has 0 amide bonds. The van der Waals surface area contributed by atoms with Gasteiger partial charge in [0.1, 0.15) is 5.75 Å². The normalized spacial score (nSPS) is 10.6. The minimum absolute atomic E-state index is 0.0656. The zero-order valence-electron chi connectivity index (χ0n) is 10.4. The van der Waals surface area contributed by atoms with Crippen LogP contribution in [0.1, 0.15) is 15.9 Å². The summed E-state index contributed by atoms with van der Waals surface area (Å²) < 4.78 is 28.2. The Hall–Kier alpha value is -1.94. The average molecular weight is 297 g/mol. The maximum atomic E-state index is 12.0. The molecule has 0 atom stereocenters. The first-order valence-electron chi connectivity index (χ1n) is 5.87. The highest BCUT2D eigenvalue weighted by atomic mass is 35.5. The van der Waals surface area contributed by atoms with Crippen molar-refractivity contribution in [2.45, 2.75) is 13.0 Å². The molecule has 0 aliphatic rings. The van der Waals surface area contributed by atoms with E-state index in [0.717, 1.165) is 5.56 Å². The molecule has 2 rings (SSSR count). The summed E-state index contributed by atoms with van der Waals surface area (Å²) in [6.07, 6.45) is 0.191. The smallest absolute Gasteiger partial charge is 0.387 e. The van der Waals surface area contributed by atoms with E-state index < -0.39 is 6.61 Å². The minimum atomic E-state index is -2.85. The Morgan fingerprint density at radius 1 is 1.05 bits per heavy atom. The van der Waals surface area contributed by atoms with Crippen molar-refractivity contribution in [3.63, 3.8) is 0 Å². The number of benzene rings is 2. The van der Waals surface area contributed by atoms with Crippen LogP contribution in [0.5, 0.6) is 5.75 Å². The molecule has 2 aromatic rings. The molecule has 0 heterocycles. The molecule has 0 unspecified atom stereocenters. The van der Waals surface area contributed by atoms with E-state index in [-0.39, 0.29) is 18.0 Å². The summed E-state index contributed by atoms with van der Waals surface area (Å²) in [7, 11) is 0. The van der Waals surface area contributed by atoms with Crippen LogP contribution in [-0.2, 0) is 6.42 Å². The third-order valence-electron chi connectivity index (χ3n) is 2.68. The summed E-state index contributed by atoms with van der Waals surface area (Å²) in [4.78, 5) is 12.0. The van der Waals surface area contributed by atoms with Gasteiger partial charge in [0.2, 0.25) is 0 Å². The second-order valence-electron chi connectivity index (χ2n) is 4.13. The third-order valence-corrected chi connectivity index (χ3v) is 2.93. The van der Waals surface area contributed by atoms with Gasteiger partial charge in [-0.15, -0.1) is 0 Å². The van der Waals surface area contributed by atoms with Gasteiger partial charge in [0, 0.05) is 17.0 Å². The van der Waals surface area contributed by atoms with Crippen molar-refractivity contribution in [1.82, 2.24) is 0 Å². The number of hydrogen-bond donors (Lipinski definition) is 0. The van der Waals surface area contributed by atoms with Crippen molar-refractivity contribution in [2.75, 3.05) is 0 Å². The molecule has 0 aliphatic heterocycles. The summed E-state index contributed by atoms with van der Waals surface area (Å²) in [6.45, 7) is -2.85. The first-order chi connectivity index (χ1) is 9.54. The zero-order chi connectivity index (χ0) is 14.5. The quantitative estimate of drug-likeness (QED) is 0.766. The molecule has 20 heavy (non-hydrogen) atoms. The summed E-state index contributed by atoms with van der Waals surface area (Å²) in [5.41, 5.74) is 1.29. The molecule has 2 nitrogen and oxygen atoms in total. The Morgan fingerprint density at radius 3 is 2.20 bits per heavy atom. The van der Waals surface area contributed by atoms with Crippen LogP contribution < -0.4 is 4.74 Å². The summed E-state index contributed by atoms with van der Waals surface area (Å²) >= 11 is 5.75. The van der Waals surface area contributed by atoms with Gasteiger partial charge in [-0.3, -0.25) is 4.79 Å². The number of alkyl halides is 2. The predicted molar refractivity (Wildman–Crippen MR) is 72.6 cm³/mol. The fourth-order valence-electron chi connectivity index (χ4n) is 1.71. The van der Waals surface area contributed by atoms with E-state index in [1.54, 1.807) is 36.4 Å². The van der Waals surface area contributed by atoms with Gasteiger partial charge in [0.25, 0.3) is 0 Å². The molecule has 0 bridgehead atoms. The Labute approximate surface area is 119 Å². The van der Waals surface area contributed by atoms with E-state index in [1.807, 2.05) is 0 Å². The van der Waals surface area contributed by atoms with Gasteiger partial charge in [-0.1, -0.05) is 23.7 Å². The highest BCUT2D eigenvalue weighted by molar-refractivity contribution is 6.30. The van der Waals surface area contributed by atoms with Crippen LogP contribution in [0.4, 0.5) is 8.78 Å². The monoisotopic (exact) mass is 296 g/mol. The number of ether oxygens (including phenoxy) is 1. The molecule has 5 heteroatoms. The van der Waals surface area contributed by atoms with E-state index in [0.29, 0.717) is 10.6 Å². The van der Waals surface area contributed by atoms with E-state index in [4.69, 9.17) is 11.6 Å². The van der Waals surface area contributed by atoms with Gasteiger partial charge in [-0.05, 0) is 42.0 Å². The second kappa shape index (κ2) is 6.48. The molecule has 0 spiro atoms. The number of rotatable bonds is 5. The largest absolute Gasteiger partial charge is 0.435 e. The van der Waals surface area contributed by atoms with E-state index in [9.17, 15) is 13.6 Å². The lowest BCUT2D eigenvalue weighted by molar-refractivity contribution is -0.0498. The van der Waals surface area contributed by atoms with Crippen molar-refractivity contribution in [3.05, 3.63) is 64.7 Å². The molecular weight excluding hydrogens is 286 g/mol. The van der Waals surface area contributed by atoms with Crippen molar-refractivity contribution < 1.29 is 18.3 Å². The van der Waals surface area contributed by atoms with Gasteiger partial charge >= 0.3 is 6.61 Å². The van der Waals surface area contributed by atoms with Crippen molar-refractivity contribution in [2.24, 2.45) is 0 Å². The number of carbonyl (C=O) groups excluding carboxylic acids is 1. The third kappa shape index (κ3) is 4.03. The molecule has 0 N–H and O–H groups in total. The lowest BCUT2D eigenvalue weighted by Crippen LogP contribution is -2.04. The van der Waals surface area contributed by atoms with Crippen LogP contribution in [0.2, 0.25) is 5.02 Å². The number of Topliss-reactive ketones (excluding diaryl/α,β-unsaturated/α-hetero) is 1. The van der Waals surface area contributed by atoms with Gasteiger partial charge < -0.3 is 4.74 Å². The Kier molecular flexibility index (Phi) is 4.69. The molecular formula is C15H11ClF2O2. The van der Waals surface area contributed by atoms with Crippen molar-refractivity contribution in [1.29, 1.82) is 0 Å². The Balaban J connectivity index is 2.02. The number of ketones is 1. The predicted octanol–water partition coefficient (Wildman–Crippen LogP) is 4.37. The SMILES string of the molecule is O=C(Cc1ccc(OC(F)F)cc1)c1ccc(Cl)cc1. The highest BCUT2D eigenvalue weighted by Crippen LogP contribution is 2.17. The van der Waals surface area contributed by atoms with E-state index in [1.165, 1.54) is 12.1 Å². The topological polar surface area (TPSA) is 26.3 Å². The highest BCUT2D eigenvalue weighted by Gasteiger charge is 2.08. The van der Waals surface area contributed by atoms with Gasteiger partial charge in [-0.2, -0.15) is 8.78 Å². The van der Waals surface area contributed by atoms with Gasteiger partial charge in [-0.25, -0.2) is 0 Å². The average Bonchev–Trinajstić information content (AvgIpc) is 2.41. The van der Waals surface area contributed by atoms with Crippen molar-refractivity contribution >= 4 is 17.4 Å². The molecule has 0 aliphatic carbocycles. The molecule has 2 aromatic carbocycles. The zero-order valence-corrected chi connectivity index (χ0v) is 11.1. The lowest BCUT2D eigenvalue weighted by Gasteiger charge is -2.06. The van der Waals surface area contributed by atoms with E-state index in [2.05, 4.69) is 4.74 Å². The van der Waals surface area contributed by atoms with E-state index >= 15 is 0 Å². The lowest BCUT2D eigenvalue weighted by atomic mass is 10.0. The molecule has 104 valence electrons. The van der Waals surface area contributed by atoms with Crippen molar-refractivity contribution in [3.8, 4) is 5.75 Å². The fraction of sp³-hybridized carbons (Fsp3) is 0.133. The summed E-state index contributed by atoms with van der Waals surface area (Å²) in [6, 6.07) is 12.6. The van der Waals surface area contributed by atoms with Gasteiger partial charge in [0.05, 0.1) is 0 Å². The van der Waals surface area contributed by atoms with Crippen LogP contribution in [0.3, 0.4) is 0 Å². The molecule has 0 aromatic heterocycles. The number of carbonyl (C=O) groups is 1. The van der Waals surface area contributed by atoms with Crippen LogP contribution >= 0.6 is 11.6 Å².